The van der Waals surface area contributed by atoms with Crippen LogP contribution in [0.25, 0.3) is 0 Å². The van der Waals surface area contributed by atoms with Crippen LogP contribution in [-0.2, 0) is 6.42 Å². The molecule has 0 aliphatic rings. The normalized spacial score (nSPS) is 14.0. The molecule has 0 saturated carbocycles. The molecule has 1 N–H and O–H groups in total. The zero-order valence-electron chi connectivity index (χ0n) is 12.0. The fourth-order valence-electron chi connectivity index (χ4n) is 2.42. The van der Waals surface area contributed by atoms with Gasteiger partial charge in [0.05, 0.1) is 0 Å². The maximum absolute atomic E-state index is 13.9. The molecular weight excluding hydrogens is 353 g/mol. The summed E-state index contributed by atoms with van der Waals surface area (Å²) in [5.74, 6) is -0.192. The molecular formula is C17H18BrClFN. The largest absolute Gasteiger partial charge is 0.307 e. The molecule has 21 heavy (non-hydrogen) atoms. The summed E-state index contributed by atoms with van der Waals surface area (Å²) in [7, 11) is 0. The van der Waals surface area contributed by atoms with Gasteiger partial charge in [-0.2, -0.15) is 0 Å². The van der Waals surface area contributed by atoms with Crippen molar-refractivity contribution in [3.63, 3.8) is 0 Å². The summed E-state index contributed by atoms with van der Waals surface area (Å²) in [6, 6.07) is 12.9. The molecule has 2 aromatic rings. The van der Waals surface area contributed by atoms with Gasteiger partial charge in [0, 0.05) is 27.1 Å². The number of nitrogens with one attached hydrogen (secondary N) is 1. The smallest absolute Gasteiger partial charge is 0.128 e. The molecule has 0 radical (unpaired) electrons. The predicted octanol–water partition coefficient (Wildman–Crippen LogP) is 5.52. The van der Waals surface area contributed by atoms with Crippen molar-refractivity contribution in [1.29, 1.82) is 0 Å². The Kier molecular flexibility index (Phi) is 5.80. The van der Waals surface area contributed by atoms with Crippen molar-refractivity contribution in [1.82, 2.24) is 5.32 Å². The molecule has 1 nitrogen and oxygen atoms in total. The van der Waals surface area contributed by atoms with Crippen LogP contribution in [0.5, 0.6) is 0 Å². The third kappa shape index (κ3) is 4.53. The van der Waals surface area contributed by atoms with Gasteiger partial charge in [-0.3, -0.25) is 0 Å². The summed E-state index contributed by atoms with van der Waals surface area (Å²) in [6.07, 6.45) is 0.805. The molecule has 2 aromatic carbocycles. The van der Waals surface area contributed by atoms with E-state index in [1.807, 2.05) is 37.3 Å². The fraction of sp³-hybridized carbons (Fsp3) is 0.294. The third-order valence-corrected chi connectivity index (χ3v) is 4.30. The predicted molar refractivity (Wildman–Crippen MR) is 90.3 cm³/mol. The van der Waals surface area contributed by atoms with Crippen molar-refractivity contribution in [3.8, 4) is 0 Å². The van der Waals surface area contributed by atoms with Crippen LogP contribution in [0.15, 0.2) is 46.9 Å². The van der Waals surface area contributed by atoms with E-state index in [-0.39, 0.29) is 17.9 Å². The molecule has 0 heterocycles. The van der Waals surface area contributed by atoms with Crippen LogP contribution >= 0.6 is 27.5 Å². The Morgan fingerprint density at radius 3 is 2.62 bits per heavy atom. The van der Waals surface area contributed by atoms with Gasteiger partial charge in [0.2, 0.25) is 0 Å². The second-order valence-electron chi connectivity index (χ2n) is 5.25. The summed E-state index contributed by atoms with van der Waals surface area (Å²) >= 11 is 9.56. The minimum Gasteiger partial charge on any atom is -0.307 e. The summed E-state index contributed by atoms with van der Waals surface area (Å²) in [5, 5.41) is 4.19. The molecule has 2 unspecified atom stereocenters. The maximum atomic E-state index is 13.9. The highest BCUT2D eigenvalue weighted by Crippen LogP contribution is 2.23. The first kappa shape index (κ1) is 16.5. The second-order valence-corrected chi connectivity index (χ2v) is 6.57. The third-order valence-electron chi connectivity index (χ3n) is 3.44. The van der Waals surface area contributed by atoms with Crippen LogP contribution in [0.4, 0.5) is 4.39 Å². The van der Waals surface area contributed by atoms with Crippen LogP contribution in [0, 0.1) is 5.82 Å². The van der Waals surface area contributed by atoms with E-state index >= 15 is 0 Å². The number of hydrogen-bond acceptors (Lipinski definition) is 1. The van der Waals surface area contributed by atoms with Gasteiger partial charge >= 0.3 is 0 Å². The number of rotatable bonds is 5. The standard InChI is InChI=1S/C17H18BrClFN/c1-11(9-13-5-3-4-6-16(13)19)21-12(2)15-10-14(18)7-8-17(15)20/h3-8,10-12,21H,9H2,1-2H3. The van der Waals surface area contributed by atoms with Gasteiger partial charge in [0.15, 0.2) is 0 Å². The van der Waals surface area contributed by atoms with E-state index in [2.05, 4.69) is 28.2 Å². The van der Waals surface area contributed by atoms with Gasteiger partial charge in [0.1, 0.15) is 5.82 Å². The lowest BCUT2D eigenvalue weighted by Gasteiger charge is -2.21. The van der Waals surface area contributed by atoms with Crippen molar-refractivity contribution < 1.29 is 4.39 Å². The van der Waals surface area contributed by atoms with Crippen molar-refractivity contribution in [2.45, 2.75) is 32.4 Å². The van der Waals surface area contributed by atoms with Crippen molar-refractivity contribution in [2.24, 2.45) is 0 Å². The molecule has 0 aromatic heterocycles. The van der Waals surface area contributed by atoms with Crippen molar-refractivity contribution in [3.05, 3.63) is 68.9 Å². The minimum absolute atomic E-state index is 0.0695. The van der Waals surface area contributed by atoms with Crippen molar-refractivity contribution in [2.75, 3.05) is 0 Å². The highest BCUT2D eigenvalue weighted by atomic mass is 79.9. The molecule has 0 aliphatic heterocycles. The molecule has 0 fully saturated rings. The monoisotopic (exact) mass is 369 g/mol. The van der Waals surface area contributed by atoms with E-state index in [1.165, 1.54) is 6.07 Å². The molecule has 4 heteroatoms. The number of benzene rings is 2. The van der Waals surface area contributed by atoms with Crippen molar-refractivity contribution >= 4 is 27.5 Å². The molecule has 0 saturated heterocycles. The average molecular weight is 371 g/mol. The van der Waals surface area contributed by atoms with E-state index in [9.17, 15) is 4.39 Å². The lowest BCUT2D eigenvalue weighted by atomic mass is 10.0. The van der Waals surface area contributed by atoms with E-state index in [4.69, 9.17) is 11.6 Å². The Morgan fingerprint density at radius 2 is 1.90 bits per heavy atom. The molecule has 112 valence electrons. The van der Waals surface area contributed by atoms with Crippen LogP contribution in [0.1, 0.15) is 31.0 Å². The highest BCUT2D eigenvalue weighted by Gasteiger charge is 2.14. The van der Waals surface area contributed by atoms with E-state index < -0.39 is 0 Å². The highest BCUT2D eigenvalue weighted by molar-refractivity contribution is 9.10. The molecule has 0 amide bonds. The van der Waals surface area contributed by atoms with Gasteiger partial charge in [-0.25, -0.2) is 4.39 Å². The van der Waals surface area contributed by atoms with Gasteiger partial charge in [-0.05, 0) is 50.1 Å². The lowest BCUT2D eigenvalue weighted by Crippen LogP contribution is -2.31. The van der Waals surface area contributed by atoms with Crippen LogP contribution in [0.2, 0.25) is 5.02 Å². The zero-order chi connectivity index (χ0) is 15.4. The van der Waals surface area contributed by atoms with Crippen LogP contribution < -0.4 is 5.32 Å². The molecule has 0 spiro atoms. The van der Waals surface area contributed by atoms with Gasteiger partial charge in [0.25, 0.3) is 0 Å². The Hall–Kier alpha value is -0.900. The lowest BCUT2D eigenvalue weighted by molar-refractivity contribution is 0.460. The first-order valence-electron chi connectivity index (χ1n) is 6.91. The zero-order valence-corrected chi connectivity index (χ0v) is 14.4. The molecule has 0 bridgehead atoms. The van der Waals surface area contributed by atoms with E-state index in [1.54, 1.807) is 6.07 Å². The topological polar surface area (TPSA) is 12.0 Å². The molecule has 0 aliphatic carbocycles. The van der Waals surface area contributed by atoms with Gasteiger partial charge < -0.3 is 5.32 Å². The Bertz CT molecular complexity index is 617. The van der Waals surface area contributed by atoms with E-state index in [0.717, 1.165) is 21.5 Å². The maximum Gasteiger partial charge on any atom is 0.128 e. The Morgan fingerprint density at radius 1 is 1.19 bits per heavy atom. The summed E-state index contributed by atoms with van der Waals surface area (Å²) < 4.78 is 14.8. The summed E-state index contributed by atoms with van der Waals surface area (Å²) in [5.41, 5.74) is 1.76. The first-order chi connectivity index (χ1) is 9.97. The van der Waals surface area contributed by atoms with Crippen LogP contribution in [-0.4, -0.2) is 6.04 Å². The minimum atomic E-state index is -0.192. The number of hydrogen-bond donors (Lipinski definition) is 1. The van der Waals surface area contributed by atoms with E-state index in [0.29, 0.717) is 5.56 Å². The second kappa shape index (κ2) is 7.39. The molecule has 2 rings (SSSR count). The first-order valence-corrected chi connectivity index (χ1v) is 8.09. The quantitative estimate of drug-likeness (QED) is 0.730. The van der Waals surface area contributed by atoms with Crippen LogP contribution in [0.3, 0.4) is 0 Å². The summed E-state index contributed by atoms with van der Waals surface area (Å²) in [4.78, 5) is 0. The SMILES string of the molecule is CC(Cc1ccccc1Cl)NC(C)c1cc(Br)ccc1F. The van der Waals surface area contributed by atoms with Gasteiger partial charge in [-0.15, -0.1) is 0 Å². The Labute approximate surface area is 138 Å². The Balaban J connectivity index is 2.04. The average Bonchev–Trinajstić information content (AvgIpc) is 2.44. The molecule has 2 atom stereocenters. The number of halogens is 3. The fourth-order valence-corrected chi connectivity index (χ4v) is 3.01. The summed E-state index contributed by atoms with van der Waals surface area (Å²) in [6.45, 7) is 4.05. The van der Waals surface area contributed by atoms with Gasteiger partial charge in [-0.1, -0.05) is 45.7 Å².